The zero-order valence-corrected chi connectivity index (χ0v) is 17.7. The van der Waals surface area contributed by atoms with Gasteiger partial charge in [0.25, 0.3) is 0 Å². The van der Waals surface area contributed by atoms with Gasteiger partial charge in [0.1, 0.15) is 5.75 Å². The van der Waals surface area contributed by atoms with Gasteiger partial charge >= 0.3 is 0 Å². The molecule has 5 heteroatoms. The van der Waals surface area contributed by atoms with Crippen LogP contribution in [0.1, 0.15) is 41.5 Å². The van der Waals surface area contributed by atoms with E-state index in [1.807, 2.05) is 30.0 Å². The van der Waals surface area contributed by atoms with E-state index in [0.717, 1.165) is 35.5 Å². The molecule has 29 heavy (non-hydrogen) atoms. The van der Waals surface area contributed by atoms with Gasteiger partial charge in [-0.3, -0.25) is 4.79 Å². The number of hydrogen-bond donors (Lipinski definition) is 1. The van der Waals surface area contributed by atoms with E-state index in [1.54, 1.807) is 18.3 Å². The van der Waals surface area contributed by atoms with Crippen LogP contribution >= 0.6 is 11.3 Å². The van der Waals surface area contributed by atoms with Crippen LogP contribution in [-0.2, 0) is 17.8 Å². The molecule has 1 aromatic heterocycles. The number of fused-ring (bicyclic) bond motifs is 1. The molecule has 2 heterocycles. The van der Waals surface area contributed by atoms with Gasteiger partial charge in [-0.2, -0.15) is 0 Å². The van der Waals surface area contributed by atoms with Gasteiger partial charge in [-0.25, -0.2) is 0 Å². The number of carbonyl (C=O) groups excluding carboxylic acids is 1. The molecule has 1 unspecified atom stereocenters. The topological polar surface area (TPSA) is 41.6 Å². The Bertz CT molecular complexity index is 981. The van der Waals surface area contributed by atoms with Gasteiger partial charge in [-0.1, -0.05) is 30.3 Å². The molecule has 2 aromatic carbocycles. The Morgan fingerprint density at radius 2 is 1.97 bits per heavy atom. The van der Waals surface area contributed by atoms with Gasteiger partial charge in [-0.15, -0.1) is 11.3 Å². The number of hydrogen-bond acceptors (Lipinski definition) is 4. The van der Waals surface area contributed by atoms with Crippen LogP contribution in [-0.4, -0.2) is 24.0 Å². The lowest BCUT2D eigenvalue weighted by atomic mass is 9.93. The first-order valence-corrected chi connectivity index (χ1v) is 10.9. The summed E-state index contributed by atoms with van der Waals surface area (Å²) in [5.74, 6) is 1.05. The van der Waals surface area contributed by atoms with E-state index in [2.05, 4.69) is 47.1 Å². The first-order chi connectivity index (χ1) is 14.2. The van der Waals surface area contributed by atoms with Crippen LogP contribution in [0.4, 0.5) is 5.69 Å². The number of thiophene rings is 1. The summed E-state index contributed by atoms with van der Waals surface area (Å²) in [6.45, 7) is 5.80. The number of carbonyl (C=O) groups is 1. The van der Waals surface area contributed by atoms with Crippen LogP contribution in [0.5, 0.6) is 5.75 Å². The van der Waals surface area contributed by atoms with Crippen molar-refractivity contribution in [1.82, 2.24) is 4.90 Å². The first kappa shape index (κ1) is 19.5. The zero-order valence-electron chi connectivity index (χ0n) is 16.9. The predicted octanol–water partition coefficient (Wildman–Crippen LogP) is 5.25. The largest absolute Gasteiger partial charge is 0.494 e. The van der Waals surface area contributed by atoms with Gasteiger partial charge < -0.3 is 15.0 Å². The normalized spacial score (nSPS) is 15.7. The third-order valence-electron chi connectivity index (χ3n) is 5.35. The van der Waals surface area contributed by atoms with E-state index in [0.29, 0.717) is 13.2 Å². The standard InChI is InChI=1S/C24H26N2O2S/c1-3-28-22-7-5-4-6-19(22)16-25-20-10-8-18(9-11-20)24-21-13-15-29-23(21)12-14-26(24)17(2)27/h4-11,13,15,24-25H,3,12,14,16H2,1-2H3. The summed E-state index contributed by atoms with van der Waals surface area (Å²) in [6.07, 6.45) is 0.946. The fourth-order valence-electron chi connectivity index (χ4n) is 3.94. The second-order valence-electron chi connectivity index (χ2n) is 7.18. The lowest BCUT2D eigenvalue weighted by Crippen LogP contribution is -2.38. The number of rotatable bonds is 6. The highest BCUT2D eigenvalue weighted by Crippen LogP contribution is 2.38. The lowest BCUT2D eigenvalue weighted by Gasteiger charge is -2.35. The van der Waals surface area contributed by atoms with Crippen molar-refractivity contribution < 1.29 is 9.53 Å². The van der Waals surface area contributed by atoms with E-state index in [1.165, 1.54) is 10.4 Å². The van der Waals surface area contributed by atoms with Crippen LogP contribution in [0.3, 0.4) is 0 Å². The lowest BCUT2D eigenvalue weighted by molar-refractivity contribution is -0.130. The molecule has 1 aliphatic rings. The molecular formula is C24H26N2O2S. The maximum atomic E-state index is 12.2. The van der Waals surface area contributed by atoms with Crippen LogP contribution in [0, 0.1) is 0 Å². The van der Waals surface area contributed by atoms with E-state index in [4.69, 9.17) is 4.74 Å². The Morgan fingerprint density at radius 1 is 1.17 bits per heavy atom. The fourth-order valence-corrected chi connectivity index (χ4v) is 4.85. The van der Waals surface area contributed by atoms with E-state index in [9.17, 15) is 4.79 Å². The SMILES string of the molecule is CCOc1ccccc1CNc1ccc(C2c3ccsc3CCN2C(C)=O)cc1. The van der Waals surface area contributed by atoms with Crippen LogP contribution < -0.4 is 10.1 Å². The quantitative estimate of drug-likeness (QED) is 0.608. The van der Waals surface area contributed by atoms with E-state index < -0.39 is 0 Å². The Morgan fingerprint density at radius 3 is 2.72 bits per heavy atom. The average molecular weight is 407 g/mol. The minimum Gasteiger partial charge on any atom is -0.494 e. The molecule has 0 aliphatic carbocycles. The molecule has 1 amide bonds. The van der Waals surface area contributed by atoms with E-state index >= 15 is 0 Å². The second-order valence-corrected chi connectivity index (χ2v) is 8.18. The van der Waals surface area contributed by atoms with Crippen LogP contribution in [0.25, 0.3) is 0 Å². The molecule has 3 aromatic rings. The minimum atomic E-state index is 0.00947. The van der Waals surface area contributed by atoms with Crippen molar-refractivity contribution in [2.45, 2.75) is 32.9 Å². The monoisotopic (exact) mass is 406 g/mol. The molecule has 1 aliphatic heterocycles. The molecule has 0 saturated heterocycles. The van der Waals surface area contributed by atoms with Gasteiger partial charge in [0.15, 0.2) is 0 Å². The van der Waals surface area contributed by atoms with Gasteiger partial charge in [0.2, 0.25) is 5.91 Å². The molecule has 0 fully saturated rings. The summed E-state index contributed by atoms with van der Waals surface area (Å²) < 4.78 is 5.71. The molecule has 4 nitrogen and oxygen atoms in total. The highest BCUT2D eigenvalue weighted by atomic mass is 32.1. The third kappa shape index (κ3) is 4.15. The van der Waals surface area contributed by atoms with Crippen molar-refractivity contribution in [1.29, 1.82) is 0 Å². The van der Waals surface area contributed by atoms with Gasteiger partial charge in [-0.05, 0) is 54.1 Å². The van der Waals surface area contributed by atoms with Crippen LogP contribution in [0.15, 0.2) is 60.0 Å². The summed E-state index contributed by atoms with van der Waals surface area (Å²) in [7, 11) is 0. The maximum absolute atomic E-state index is 12.2. The molecular weight excluding hydrogens is 380 g/mol. The summed E-state index contributed by atoms with van der Waals surface area (Å²) in [6, 6.07) is 18.7. The average Bonchev–Trinajstić information content (AvgIpc) is 3.22. The molecule has 0 radical (unpaired) electrons. The number of benzene rings is 2. The van der Waals surface area contributed by atoms with Gasteiger partial charge in [0, 0.05) is 36.1 Å². The number of amides is 1. The molecule has 150 valence electrons. The molecule has 0 spiro atoms. The Balaban J connectivity index is 1.52. The summed E-state index contributed by atoms with van der Waals surface area (Å²) >= 11 is 1.79. The molecule has 0 saturated carbocycles. The fraction of sp³-hybridized carbons (Fsp3) is 0.292. The van der Waals surface area contributed by atoms with Crippen molar-refractivity contribution in [3.8, 4) is 5.75 Å². The van der Waals surface area contributed by atoms with Crippen molar-refractivity contribution >= 4 is 22.9 Å². The molecule has 0 bridgehead atoms. The smallest absolute Gasteiger partial charge is 0.220 e. The highest BCUT2D eigenvalue weighted by Gasteiger charge is 2.31. The molecule has 1 N–H and O–H groups in total. The Kier molecular flexibility index (Phi) is 5.86. The number of nitrogens with zero attached hydrogens (tertiary/aromatic N) is 1. The van der Waals surface area contributed by atoms with E-state index in [-0.39, 0.29) is 11.9 Å². The van der Waals surface area contributed by atoms with Crippen molar-refractivity contribution in [3.05, 3.63) is 81.5 Å². The number of para-hydroxylation sites is 1. The van der Waals surface area contributed by atoms with Gasteiger partial charge in [0.05, 0.1) is 12.6 Å². The summed E-state index contributed by atoms with van der Waals surface area (Å²) in [4.78, 5) is 15.6. The first-order valence-electron chi connectivity index (χ1n) is 10.1. The Hall–Kier alpha value is -2.79. The predicted molar refractivity (Wildman–Crippen MR) is 119 cm³/mol. The minimum absolute atomic E-state index is 0.00947. The number of nitrogens with one attached hydrogen (secondary N) is 1. The van der Waals surface area contributed by atoms with Crippen LogP contribution in [0.2, 0.25) is 0 Å². The zero-order chi connectivity index (χ0) is 20.2. The molecule has 4 rings (SSSR count). The summed E-state index contributed by atoms with van der Waals surface area (Å²) in [5, 5.41) is 5.61. The third-order valence-corrected chi connectivity index (χ3v) is 6.35. The number of anilines is 1. The second kappa shape index (κ2) is 8.70. The highest BCUT2D eigenvalue weighted by molar-refractivity contribution is 7.10. The van der Waals surface area contributed by atoms with Crippen molar-refractivity contribution in [2.24, 2.45) is 0 Å². The maximum Gasteiger partial charge on any atom is 0.220 e. The number of ether oxygens (including phenoxy) is 1. The Labute approximate surface area is 176 Å². The van der Waals surface area contributed by atoms with Crippen molar-refractivity contribution in [3.63, 3.8) is 0 Å². The summed E-state index contributed by atoms with van der Waals surface area (Å²) in [5.41, 5.74) is 4.61. The molecule has 1 atom stereocenters. The van der Waals surface area contributed by atoms with Crippen molar-refractivity contribution in [2.75, 3.05) is 18.5 Å².